The molecule has 0 aliphatic rings. The number of carbonyl (C=O) groups excluding carboxylic acids is 3. The van der Waals surface area contributed by atoms with E-state index in [9.17, 15) is 23.7 Å². The molecule has 1 unspecified atom stereocenters. The van der Waals surface area contributed by atoms with E-state index in [1.807, 2.05) is 0 Å². The van der Waals surface area contributed by atoms with Crippen molar-refractivity contribution >= 4 is 25.7 Å². The van der Waals surface area contributed by atoms with Gasteiger partial charge < -0.3 is 34.3 Å². The number of esters is 1. The summed E-state index contributed by atoms with van der Waals surface area (Å²) in [6.45, 7) is 3.10. The van der Waals surface area contributed by atoms with Gasteiger partial charge in [-0.3, -0.25) is 14.4 Å². The van der Waals surface area contributed by atoms with E-state index in [0.717, 1.165) is 22.9 Å². The maximum Gasteiger partial charge on any atom is 0.433 e. The van der Waals surface area contributed by atoms with E-state index in [-0.39, 0.29) is 31.1 Å². The van der Waals surface area contributed by atoms with Crippen LogP contribution in [0.1, 0.15) is 25.7 Å². The number of nitrogens with zero attached hydrogens (tertiary/aromatic N) is 1. The molecule has 0 aliphatic carbocycles. The zero-order chi connectivity index (χ0) is 21.5. The monoisotopic (exact) mass is 420 g/mol. The van der Waals surface area contributed by atoms with Crippen LogP contribution in [0.4, 0.5) is 4.79 Å². The molecular formula is C15H21N2O10P. The molecule has 28 heavy (non-hydrogen) atoms. The highest BCUT2D eigenvalue weighted by Gasteiger charge is 2.32. The first-order valence-corrected chi connectivity index (χ1v) is 9.57. The van der Waals surface area contributed by atoms with Gasteiger partial charge in [-0.05, 0) is 12.0 Å². The molecule has 0 saturated carbocycles. The van der Waals surface area contributed by atoms with Gasteiger partial charge in [0, 0.05) is 17.8 Å². The highest BCUT2D eigenvalue weighted by molar-refractivity contribution is 7.69. The van der Waals surface area contributed by atoms with Crippen molar-refractivity contribution in [2.24, 2.45) is 11.7 Å². The Hall–Kier alpha value is -2.53. The highest BCUT2D eigenvalue weighted by Crippen LogP contribution is 2.39. The summed E-state index contributed by atoms with van der Waals surface area (Å²) < 4.78 is 25.9. The molecule has 0 spiro atoms. The van der Waals surface area contributed by atoms with Crippen LogP contribution >= 0.6 is 7.60 Å². The van der Waals surface area contributed by atoms with Gasteiger partial charge in [0.2, 0.25) is 0 Å². The van der Waals surface area contributed by atoms with Crippen LogP contribution in [0.25, 0.3) is 0 Å². The molecule has 2 atom stereocenters. The molecule has 156 valence electrons. The third kappa shape index (κ3) is 6.89. The van der Waals surface area contributed by atoms with E-state index in [2.05, 4.69) is 9.47 Å². The van der Waals surface area contributed by atoms with Crippen molar-refractivity contribution in [1.29, 1.82) is 0 Å². The smallest absolute Gasteiger partial charge is 0.433 e. The molecule has 1 rings (SSSR count). The second-order valence-corrected chi connectivity index (χ2v) is 7.38. The average Bonchev–Trinajstić information content (AvgIpc) is 2.61. The number of rotatable bonds is 10. The molecule has 0 aromatic carbocycles. The lowest BCUT2D eigenvalue weighted by Crippen LogP contribution is -2.37. The second kappa shape index (κ2) is 10.1. The maximum absolute atomic E-state index is 11.9. The number of aromatic nitrogens is 1. The van der Waals surface area contributed by atoms with Crippen LogP contribution in [0.3, 0.4) is 0 Å². The summed E-state index contributed by atoms with van der Waals surface area (Å²) in [6.07, 6.45) is -0.666. The SMILES string of the molecule is CC(C)[C@@H](N)C(=O)OCCn1cc(C(OC=O)OC(=O)P(=O)(O)O)ccc1=O. The largest absolute Gasteiger partial charge is 0.463 e. The number of hydrogen-bond donors (Lipinski definition) is 3. The Balaban J connectivity index is 2.91. The minimum absolute atomic E-state index is 0.0568. The van der Waals surface area contributed by atoms with Crippen molar-refractivity contribution in [1.82, 2.24) is 4.57 Å². The zero-order valence-electron chi connectivity index (χ0n) is 15.1. The molecule has 0 saturated heterocycles. The van der Waals surface area contributed by atoms with Crippen molar-refractivity contribution in [2.45, 2.75) is 32.7 Å². The van der Waals surface area contributed by atoms with Crippen LogP contribution in [-0.4, -0.2) is 45.2 Å². The van der Waals surface area contributed by atoms with Crippen LogP contribution < -0.4 is 11.3 Å². The standard InChI is InChI=1S/C15H21N2O10P/c1-9(2)12(16)13(20)25-6-5-17-7-10(3-4-11(17)19)14(26-8-18)27-15(21)28(22,23)24/h3-4,7-9,12,14H,5-6,16H2,1-2H3,(H2,22,23,24)/t12-,14?/m1/s1. The minimum atomic E-state index is -5.22. The normalized spacial score (nSPS) is 13.5. The summed E-state index contributed by atoms with van der Waals surface area (Å²) in [5, 5.41) is 0. The Bertz CT molecular complexity index is 815. The van der Waals surface area contributed by atoms with Crippen LogP contribution in [0.2, 0.25) is 0 Å². The lowest BCUT2D eigenvalue weighted by atomic mass is 10.1. The average molecular weight is 420 g/mol. The summed E-state index contributed by atoms with van der Waals surface area (Å²) >= 11 is 0. The second-order valence-electron chi connectivity index (χ2n) is 5.92. The molecule has 13 heteroatoms. The van der Waals surface area contributed by atoms with Crippen molar-refractivity contribution in [2.75, 3.05) is 6.61 Å². The molecule has 0 aliphatic heterocycles. The molecule has 0 bridgehead atoms. The minimum Gasteiger partial charge on any atom is -0.463 e. The Morgan fingerprint density at radius 1 is 1.32 bits per heavy atom. The van der Waals surface area contributed by atoms with Crippen LogP contribution in [-0.2, 0) is 34.9 Å². The highest BCUT2D eigenvalue weighted by atomic mass is 31.2. The lowest BCUT2D eigenvalue weighted by molar-refractivity contribution is -0.152. The van der Waals surface area contributed by atoms with Crippen molar-refractivity contribution in [3.63, 3.8) is 0 Å². The molecule has 4 N–H and O–H groups in total. The van der Waals surface area contributed by atoms with E-state index in [1.54, 1.807) is 13.8 Å². The number of hydrogen-bond acceptors (Lipinski definition) is 9. The Morgan fingerprint density at radius 3 is 2.50 bits per heavy atom. The number of carbonyl (C=O) groups is 3. The zero-order valence-corrected chi connectivity index (χ0v) is 16.0. The van der Waals surface area contributed by atoms with Crippen LogP contribution in [0.15, 0.2) is 23.1 Å². The van der Waals surface area contributed by atoms with E-state index in [4.69, 9.17) is 20.3 Å². The van der Waals surface area contributed by atoms with Crippen molar-refractivity contribution in [3.8, 4) is 0 Å². The van der Waals surface area contributed by atoms with Gasteiger partial charge >= 0.3 is 19.3 Å². The maximum atomic E-state index is 11.9. The molecule has 12 nitrogen and oxygen atoms in total. The van der Waals surface area contributed by atoms with E-state index < -0.39 is 37.2 Å². The first-order valence-electron chi connectivity index (χ1n) is 7.95. The molecule has 0 fully saturated rings. The predicted molar refractivity (Wildman–Crippen MR) is 92.9 cm³/mol. The summed E-state index contributed by atoms with van der Waals surface area (Å²) in [5.41, 5.74) is 3.16. The van der Waals surface area contributed by atoms with Gasteiger partial charge in [0.1, 0.15) is 12.6 Å². The molecule has 1 heterocycles. The van der Waals surface area contributed by atoms with Crippen LogP contribution in [0.5, 0.6) is 0 Å². The Kier molecular flexibility index (Phi) is 8.51. The van der Waals surface area contributed by atoms with Gasteiger partial charge in [-0.25, -0.2) is 9.36 Å². The summed E-state index contributed by atoms with van der Waals surface area (Å²) in [7, 11) is -5.22. The summed E-state index contributed by atoms with van der Waals surface area (Å²) in [5.74, 6) is -0.777. The van der Waals surface area contributed by atoms with Gasteiger partial charge in [-0.1, -0.05) is 13.8 Å². The molecule has 1 aromatic heterocycles. The topological polar surface area (TPSA) is 184 Å². The fraction of sp³-hybridized carbons (Fsp3) is 0.467. The Labute approximate surface area is 159 Å². The quantitative estimate of drug-likeness (QED) is 0.198. The van der Waals surface area contributed by atoms with Gasteiger partial charge in [0.25, 0.3) is 18.3 Å². The summed E-state index contributed by atoms with van der Waals surface area (Å²) in [6, 6.07) is 1.37. The van der Waals surface area contributed by atoms with Gasteiger partial charge in [-0.15, -0.1) is 0 Å². The predicted octanol–water partition coefficient (Wildman–Crippen LogP) is -0.139. The van der Waals surface area contributed by atoms with Gasteiger partial charge in [0.15, 0.2) is 0 Å². The third-order valence-corrected chi connectivity index (χ3v) is 4.05. The van der Waals surface area contributed by atoms with Gasteiger partial charge in [0.05, 0.1) is 6.54 Å². The van der Waals surface area contributed by atoms with Crippen molar-refractivity contribution in [3.05, 3.63) is 34.2 Å². The number of ether oxygens (including phenoxy) is 3. The molecule has 0 radical (unpaired) electrons. The van der Waals surface area contributed by atoms with Crippen molar-refractivity contribution < 1.29 is 42.9 Å². The molecule has 0 amide bonds. The first-order chi connectivity index (χ1) is 13.0. The number of pyridine rings is 1. The fourth-order valence-corrected chi connectivity index (χ4v) is 2.10. The molecule has 1 aromatic rings. The Morgan fingerprint density at radius 2 is 1.96 bits per heavy atom. The fourth-order valence-electron chi connectivity index (χ4n) is 1.86. The first kappa shape index (κ1) is 23.5. The lowest BCUT2D eigenvalue weighted by Gasteiger charge is -2.18. The van der Waals surface area contributed by atoms with E-state index in [1.165, 1.54) is 0 Å². The van der Waals surface area contributed by atoms with Crippen LogP contribution in [0, 0.1) is 5.92 Å². The molecular weight excluding hydrogens is 399 g/mol. The third-order valence-electron chi connectivity index (χ3n) is 3.47. The van der Waals surface area contributed by atoms with Gasteiger partial charge in [-0.2, -0.15) is 0 Å². The van der Waals surface area contributed by atoms with E-state index >= 15 is 0 Å². The van der Waals surface area contributed by atoms with E-state index in [0.29, 0.717) is 0 Å². The summed E-state index contributed by atoms with van der Waals surface area (Å²) in [4.78, 5) is 63.1. The number of nitrogens with two attached hydrogens (primary N) is 1.